The van der Waals surface area contributed by atoms with Gasteiger partial charge in [0, 0.05) is 23.8 Å². The average molecular weight is 291 g/mol. The van der Waals surface area contributed by atoms with E-state index in [1.54, 1.807) is 11.3 Å². The summed E-state index contributed by atoms with van der Waals surface area (Å²) in [5.41, 5.74) is 6.94. The number of nitrogens with two attached hydrogens (primary N) is 1. The number of aliphatic imine (C=N–C) groups is 1. The van der Waals surface area contributed by atoms with Crippen LogP contribution in [-0.2, 0) is 6.54 Å². The number of hydrogen-bond acceptors (Lipinski definition) is 3. The molecule has 0 aromatic carbocycles. The fourth-order valence-corrected chi connectivity index (χ4v) is 3.42. The number of hydrogen-bond donors (Lipinski definition) is 2. The lowest BCUT2D eigenvalue weighted by Gasteiger charge is -2.16. The van der Waals surface area contributed by atoms with Gasteiger partial charge in [0.25, 0.3) is 0 Å². The first-order chi connectivity index (χ1) is 9.81. The molecule has 6 heteroatoms. The van der Waals surface area contributed by atoms with Crippen molar-refractivity contribution in [3.05, 3.63) is 23.5 Å². The number of aromatic nitrogens is 2. The predicted octanol–water partition coefficient (Wildman–Crippen LogP) is 2.52. The summed E-state index contributed by atoms with van der Waals surface area (Å²) in [5.74, 6) is 0.549. The van der Waals surface area contributed by atoms with Gasteiger partial charge in [-0.3, -0.25) is 4.40 Å². The fraction of sp³-hybridized carbons (Fsp3) is 0.571. The molecule has 3 rings (SSSR count). The number of nitrogens with zero attached hydrogens (tertiary/aromatic N) is 3. The number of fused-ring (bicyclic) bond motifs is 1. The van der Waals surface area contributed by atoms with Gasteiger partial charge in [-0.15, -0.1) is 11.3 Å². The van der Waals surface area contributed by atoms with Crippen LogP contribution in [0.2, 0.25) is 0 Å². The molecule has 3 N–H and O–H groups in total. The highest BCUT2D eigenvalue weighted by Gasteiger charge is 2.12. The Morgan fingerprint density at radius 1 is 1.40 bits per heavy atom. The summed E-state index contributed by atoms with van der Waals surface area (Å²) in [7, 11) is 0. The molecule has 1 saturated carbocycles. The van der Waals surface area contributed by atoms with Crippen LogP contribution in [0.15, 0.2) is 22.8 Å². The zero-order valence-corrected chi connectivity index (χ0v) is 12.4. The Balaban J connectivity index is 1.55. The Morgan fingerprint density at radius 3 is 2.95 bits per heavy atom. The monoisotopic (exact) mass is 291 g/mol. The maximum absolute atomic E-state index is 5.98. The van der Waals surface area contributed by atoms with E-state index in [0.717, 1.165) is 10.7 Å². The maximum Gasteiger partial charge on any atom is 0.193 e. The van der Waals surface area contributed by atoms with Crippen molar-refractivity contribution in [2.24, 2.45) is 10.7 Å². The van der Waals surface area contributed by atoms with E-state index in [9.17, 15) is 0 Å². The topological polar surface area (TPSA) is 67.7 Å². The van der Waals surface area contributed by atoms with Gasteiger partial charge in [0.15, 0.2) is 10.9 Å². The van der Waals surface area contributed by atoms with Crippen LogP contribution in [0.25, 0.3) is 4.96 Å². The molecule has 1 aliphatic carbocycles. The summed E-state index contributed by atoms with van der Waals surface area (Å²) < 4.78 is 2.02. The average Bonchev–Trinajstić information content (AvgIpc) is 2.91. The number of thiazole rings is 1. The molecule has 2 aromatic rings. The molecular weight excluding hydrogens is 270 g/mol. The zero-order chi connectivity index (χ0) is 13.8. The molecule has 5 nitrogen and oxygen atoms in total. The highest BCUT2D eigenvalue weighted by atomic mass is 32.1. The zero-order valence-electron chi connectivity index (χ0n) is 11.6. The Bertz CT molecular complexity index is 549. The summed E-state index contributed by atoms with van der Waals surface area (Å²) >= 11 is 1.63. The van der Waals surface area contributed by atoms with Crippen molar-refractivity contribution in [3.8, 4) is 0 Å². The lowest BCUT2D eigenvalue weighted by molar-refractivity contribution is 0.530. The Labute approximate surface area is 122 Å². The largest absolute Gasteiger partial charge is 0.370 e. The number of nitrogens with one attached hydrogen (secondary N) is 1. The lowest BCUT2D eigenvalue weighted by atomic mass is 10.1. The molecular formula is C14H21N5S. The van der Waals surface area contributed by atoms with Crippen LogP contribution >= 0.6 is 11.3 Å². The van der Waals surface area contributed by atoms with Crippen molar-refractivity contribution in [2.45, 2.75) is 51.1 Å². The SMILES string of the molecule is NC(=NCc1cn2ccsc2n1)NC1CCCCCC1. The second kappa shape index (κ2) is 6.26. The minimum absolute atomic E-state index is 0.492. The predicted molar refractivity (Wildman–Crippen MR) is 83.0 cm³/mol. The summed E-state index contributed by atoms with van der Waals surface area (Å²) in [4.78, 5) is 9.91. The minimum Gasteiger partial charge on any atom is -0.370 e. The maximum atomic E-state index is 5.98. The molecule has 0 bridgehead atoms. The van der Waals surface area contributed by atoms with E-state index in [-0.39, 0.29) is 0 Å². The van der Waals surface area contributed by atoms with Crippen LogP contribution in [0.5, 0.6) is 0 Å². The van der Waals surface area contributed by atoms with E-state index in [1.165, 1.54) is 38.5 Å². The van der Waals surface area contributed by atoms with Crippen molar-refractivity contribution >= 4 is 22.3 Å². The Morgan fingerprint density at radius 2 is 2.20 bits per heavy atom. The Hall–Kier alpha value is -1.56. The third-order valence-corrected chi connectivity index (χ3v) is 4.53. The number of rotatable bonds is 3. The molecule has 2 aromatic heterocycles. The highest BCUT2D eigenvalue weighted by Crippen LogP contribution is 2.17. The van der Waals surface area contributed by atoms with Gasteiger partial charge in [-0.2, -0.15) is 0 Å². The molecule has 0 unspecified atom stereocenters. The second-order valence-corrected chi connectivity index (χ2v) is 6.23. The van der Waals surface area contributed by atoms with E-state index >= 15 is 0 Å². The summed E-state index contributed by atoms with van der Waals surface area (Å²) in [6.07, 6.45) is 11.7. The smallest absolute Gasteiger partial charge is 0.193 e. The van der Waals surface area contributed by atoms with E-state index in [0.29, 0.717) is 18.5 Å². The molecule has 0 amide bonds. The second-order valence-electron chi connectivity index (χ2n) is 5.36. The first-order valence-corrected chi connectivity index (χ1v) is 8.17. The van der Waals surface area contributed by atoms with Crippen LogP contribution in [0.4, 0.5) is 0 Å². The van der Waals surface area contributed by atoms with Gasteiger partial charge in [-0.25, -0.2) is 9.98 Å². The lowest BCUT2D eigenvalue weighted by Crippen LogP contribution is -2.39. The van der Waals surface area contributed by atoms with Gasteiger partial charge in [0.1, 0.15) is 0 Å². The molecule has 0 radical (unpaired) electrons. The molecule has 0 aliphatic heterocycles. The van der Waals surface area contributed by atoms with Gasteiger partial charge in [-0.05, 0) is 12.8 Å². The number of guanidine groups is 1. The van der Waals surface area contributed by atoms with Crippen LogP contribution < -0.4 is 11.1 Å². The Kier molecular flexibility index (Phi) is 4.20. The van der Waals surface area contributed by atoms with E-state index in [2.05, 4.69) is 15.3 Å². The van der Waals surface area contributed by atoms with Gasteiger partial charge < -0.3 is 11.1 Å². The normalized spacial score (nSPS) is 18.3. The fourth-order valence-electron chi connectivity index (χ4n) is 2.70. The van der Waals surface area contributed by atoms with Crippen LogP contribution in [0.3, 0.4) is 0 Å². The summed E-state index contributed by atoms with van der Waals surface area (Å²) in [6.45, 7) is 0.542. The van der Waals surface area contributed by atoms with E-state index < -0.39 is 0 Å². The third kappa shape index (κ3) is 3.30. The molecule has 0 atom stereocenters. The number of imidazole rings is 1. The standard InChI is InChI=1S/C14H21N5S/c15-13(17-11-5-3-1-2-4-6-11)16-9-12-10-19-7-8-20-14(19)18-12/h7-8,10-11H,1-6,9H2,(H3,15,16,17). The summed E-state index contributed by atoms with van der Waals surface area (Å²) in [5, 5.41) is 5.38. The van der Waals surface area contributed by atoms with Gasteiger partial charge in [0.2, 0.25) is 0 Å². The van der Waals surface area contributed by atoms with Crippen molar-refractivity contribution in [2.75, 3.05) is 0 Å². The first-order valence-electron chi connectivity index (χ1n) is 7.29. The first kappa shape index (κ1) is 13.4. The van der Waals surface area contributed by atoms with Crippen LogP contribution in [0.1, 0.15) is 44.2 Å². The molecule has 0 spiro atoms. The third-order valence-electron chi connectivity index (χ3n) is 3.76. The minimum atomic E-state index is 0.492. The van der Waals surface area contributed by atoms with Gasteiger partial charge in [-0.1, -0.05) is 25.7 Å². The summed E-state index contributed by atoms with van der Waals surface area (Å²) in [6, 6.07) is 0.492. The molecule has 108 valence electrons. The van der Waals surface area contributed by atoms with Gasteiger partial charge in [0.05, 0.1) is 12.2 Å². The molecule has 0 saturated heterocycles. The molecule has 20 heavy (non-hydrogen) atoms. The highest BCUT2D eigenvalue weighted by molar-refractivity contribution is 7.15. The van der Waals surface area contributed by atoms with Crippen molar-refractivity contribution in [1.82, 2.24) is 14.7 Å². The molecule has 2 heterocycles. The van der Waals surface area contributed by atoms with Crippen molar-refractivity contribution in [3.63, 3.8) is 0 Å². The van der Waals surface area contributed by atoms with Crippen LogP contribution in [-0.4, -0.2) is 21.4 Å². The quantitative estimate of drug-likeness (QED) is 0.519. The molecule has 1 fully saturated rings. The van der Waals surface area contributed by atoms with E-state index in [1.807, 2.05) is 22.2 Å². The van der Waals surface area contributed by atoms with E-state index in [4.69, 9.17) is 5.73 Å². The van der Waals surface area contributed by atoms with Crippen molar-refractivity contribution < 1.29 is 0 Å². The van der Waals surface area contributed by atoms with Gasteiger partial charge >= 0.3 is 0 Å². The molecule has 1 aliphatic rings. The van der Waals surface area contributed by atoms with Crippen LogP contribution in [0, 0.1) is 0 Å². The van der Waals surface area contributed by atoms with Crippen molar-refractivity contribution in [1.29, 1.82) is 0 Å².